The van der Waals surface area contributed by atoms with Crippen LogP contribution in [-0.2, 0) is 10.8 Å². The van der Waals surface area contributed by atoms with Crippen molar-refractivity contribution in [2.24, 2.45) is 0 Å². The van der Waals surface area contributed by atoms with Crippen LogP contribution in [-0.4, -0.2) is 15.0 Å². The van der Waals surface area contributed by atoms with Gasteiger partial charge in [-0.2, -0.15) is 9.97 Å². The highest BCUT2D eigenvalue weighted by molar-refractivity contribution is 7.26. The molecule has 0 saturated carbocycles. The van der Waals surface area contributed by atoms with E-state index in [0.717, 1.165) is 44.4 Å². The van der Waals surface area contributed by atoms with Gasteiger partial charge in [0.05, 0.1) is 5.69 Å². The van der Waals surface area contributed by atoms with E-state index in [1.807, 2.05) is 29.5 Å². The lowest BCUT2D eigenvalue weighted by molar-refractivity contribution is 0.660. The molecule has 0 aliphatic heterocycles. The van der Waals surface area contributed by atoms with Gasteiger partial charge >= 0.3 is 0 Å². The first-order valence-electron chi connectivity index (χ1n) is 21.6. The Morgan fingerprint density at radius 3 is 1.95 bits per heavy atom. The topological polar surface area (TPSA) is 55.1 Å². The molecule has 2 aliphatic rings. The summed E-state index contributed by atoms with van der Waals surface area (Å²) in [7, 11) is 0. The molecule has 11 aromatic rings. The SMILES string of the molecule is CC1(C)c2ccccc2-c2ccc(N(c3nc(-c4ccc5oc6ccccc6c5c4)nc(-c4cccc5c4C(C)(C)c4ccccc4-5)n3)c3cccc4sc5ccccc5c34)cc21. The minimum atomic E-state index is -0.286. The highest BCUT2D eigenvalue weighted by atomic mass is 32.1. The number of para-hydroxylation sites is 1. The van der Waals surface area contributed by atoms with Gasteiger partial charge in [0, 0.05) is 58.6 Å². The highest BCUT2D eigenvalue weighted by Crippen LogP contribution is 2.54. The summed E-state index contributed by atoms with van der Waals surface area (Å²) in [5, 5.41) is 4.46. The second-order valence-electron chi connectivity index (χ2n) is 18.0. The fourth-order valence-electron chi connectivity index (χ4n) is 10.7. The average Bonchev–Trinajstić information content (AvgIpc) is 4.02. The van der Waals surface area contributed by atoms with Crippen LogP contribution in [0, 0.1) is 0 Å². The maximum Gasteiger partial charge on any atom is 0.238 e. The highest BCUT2D eigenvalue weighted by Gasteiger charge is 2.39. The fourth-order valence-corrected chi connectivity index (χ4v) is 11.9. The summed E-state index contributed by atoms with van der Waals surface area (Å²) in [6, 6.07) is 60.9. The summed E-state index contributed by atoms with van der Waals surface area (Å²) in [5.74, 6) is 1.77. The standard InChI is InChI=1S/C57H40N4OS/c1-56(2)43-21-9-5-15-35(43)37-29-28-34(32-45(37)56)61(46-23-14-26-50-51(46)40-18-8-12-25-49(40)63-50)55-59-53(33-27-30-48-42(31-33)38-17-7-11-24-47(38)62-48)58-54(60-55)41-20-13-19-39-36-16-6-10-22-44(36)57(3,4)52(39)41/h5-32H,1-4H3. The van der Waals surface area contributed by atoms with Crippen LogP contribution in [0.4, 0.5) is 17.3 Å². The number of benzene rings is 8. The van der Waals surface area contributed by atoms with Gasteiger partial charge in [-0.15, -0.1) is 11.3 Å². The minimum absolute atomic E-state index is 0.210. The van der Waals surface area contributed by atoms with Gasteiger partial charge in [-0.1, -0.05) is 143 Å². The van der Waals surface area contributed by atoms with Gasteiger partial charge in [-0.05, 0) is 99.1 Å². The Hall–Kier alpha value is -7.41. The van der Waals surface area contributed by atoms with Crippen LogP contribution >= 0.6 is 11.3 Å². The van der Waals surface area contributed by atoms with Crippen molar-refractivity contribution in [2.75, 3.05) is 4.90 Å². The zero-order chi connectivity index (χ0) is 42.2. The molecule has 0 fully saturated rings. The third-order valence-corrected chi connectivity index (χ3v) is 14.9. The largest absolute Gasteiger partial charge is 0.456 e. The van der Waals surface area contributed by atoms with E-state index in [0.29, 0.717) is 17.6 Å². The number of anilines is 3. The van der Waals surface area contributed by atoms with Crippen LogP contribution in [0.5, 0.6) is 0 Å². The van der Waals surface area contributed by atoms with Gasteiger partial charge in [-0.3, -0.25) is 4.90 Å². The van der Waals surface area contributed by atoms with E-state index in [-0.39, 0.29) is 10.8 Å². The van der Waals surface area contributed by atoms with Gasteiger partial charge in [-0.25, -0.2) is 4.98 Å². The molecule has 0 N–H and O–H groups in total. The zero-order valence-electron chi connectivity index (χ0n) is 35.3. The molecular weight excluding hydrogens is 789 g/mol. The van der Waals surface area contributed by atoms with E-state index in [2.05, 4.69) is 184 Å². The van der Waals surface area contributed by atoms with E-state index in [1.54, 1.807) is 0 Å². The van der Waals surface area contributed by atoms with Crippen molar-refractivity contribution < 1.29 is 4.42 Å². The Kier molecular flexibility index (Phi) is 7.51. The molecule has 2 aliphatic carbocycles. The fraction of sp³-hybridized carbons (Fsp3) is 0.105. The molecule has 0 atom stereocenters. The molecule has 3 aromatic heterocycles. The molecule has 6 heteroatoms. The van der Waals surface area contributed by atoms with E-state index in [1.165, 1.54) is 64.7 Å². The monoisotopic (exact) mass is 828 g/mol. The Balaban J connectivity index is 1.11. The number of furan rings is 1. The van der Waals surface area contributed by atoms with Crippen LogP contribution in [0.15, 0.2) is 174 Å². The Morgan fingerprint density at radius 1 is 0.460 bits per heavy atom. The smallest absolute Gasteiger partial charge is 0.238 e. The van der Waals surface area contributed by atoms with Crippen molar-refractivity contribution in [3.05, 3.63) is 192 Å². The molecule has 13 rings (SSSR count). The summed E-state index contributed by atoms with van der Waals surface area (Å²) >= 11 is 1.82. The van der Waals surface area contributed by atoms with Crippen molar-refractivity contribution in [2.45, 2.75) is 38.5 Å². The van der Waals surface area contributed by atoms with E-state index in [4.69, 9.17) is 19.4 Å². The third-order valence-electron chi connectivity index (χ3n) is 13.7. The molecule has 0 radical (unpaired) electrons. The van der Waals surface area contributed by atoms with Gasteiger partial charge < -0.3 is 4.42 Å². The summed E-state index contributed by atoms with van der Waals surface area (Å²) in [4.78, 5) is 18.9. The number of rotatable bonds is 5. The van der Waals surface area contributed by atoms with Gasteiger partial charge in [0.2, 0.25) is 5.95 Å². The molecule has 8 aromatic carbocycles. The third kappa shape index (κ3) is 5.19. The van der Waals surface area contributed by atoms with Crippen molar-refractivity contribution in [3.63, 3.8) is 0 Å². The lowest BCUT2D eigenvalue weighted by Gasteiger charge is -2.28. The molecule has 5 nitrogen and oxygen atoms in total. The lowest BCUT2D eigenvalue weighted by atomic mass is 9.80. The molecule has 0 saturated heterocycles. The molecule has 300 valence electrons. The van der Waals surface area contributed by atoms with Crippen LogP contribution in [0.2, 0.25) is 0 Å². The van der Waals surface area contributed by atoms with Crippen molar-refractivity contribution in [1.82, 2.24) is 15.0 Å². The second kappa shape index (κ2) is 13.1. The average molecular weight is 829 g/mol. The first-order chi connectivity index (χ1) is 30.7. The summed E-state index contributed by atoms with van der Waals surface area (Å²) in [6.07, 6.45) is 0. The van der Waals surface area contributed by atoms with Crippen LogP contribution in [0.3, 0.4) is 0 Å². The van der Waals surface area contributed by atoms with Crippen LogP contribution in [0.25, 0.3) is 87.1 Å². The van der Waals surface area contributed by atoms with Gasteiger partial charge in [0.25, 0.3) is 0 Å². The summed E-state index contributed by atoms with van der Waals surface area (Å²) < 4.78 is 8.75. The maximum absolute atomic E-state index is 6.30. The van der Waals surface area contributed by atoms with Gasteiger partial charge in [0.1, 0.15) is 11.2 Å². The first-order valence-corrected chi connectivity index (χ1v) is 22.4. The Bertz CT molecular complexity index is 3720. The molecule has 3 heterocycles. The molecule has 0 amide bonds. The number of hydrogen-bond donors (Lipinski definition) is 0. The van der Waals surface area contributed by atoms with Crippen LogP contribution in [0.1, 0.15) is 49.9 Å². The van der Waals surface area contributed by atoms with Crippen LogP contribution < -0.4 is 4.90 Å². The molecular formula is C57H40N4OS. The predicted molar refractivity (Wildman–Crippen MR) is 261 cm³/mol. The number of nitrogens with zero attached hydrogens (tertiary/aromatic N) is 4. The predicted octanol–water partition coefficient (Wildman–Crippen LogP) is 15.6. The Labute approximate surface area is 369 Å². The first kappa shape index (κ1) is 36.3. The number of aromatic nitrogens is 3. The molecule has 0 unspecified atom stereocenters. The Morgan fingerprint density at radius 2 is 1.10 bits per heavy atom. The minimum Gasteiger partial charge on any atom is -0.456 e. The quantitative estimate of drug-likeness (QED) is 0.173. The molecule has 0 spiro atoms. The van der Waals surface area contributed by atoms with Crippen molar-refractivity contribution >= 4 is 70.8 Å². The number of thiophene rings is 1. The van der Waals surface area contributed by atoms with Crippen molar-refractivity contribution in [1.29, 1.82) is 0 Å². The second-order valence-corrected chi connectivity index (χ2v) is 19.1. The van der Waals surface area contributed by atoms with Crippen molar-refractivity contribution in [3.8, 4) is 45.0 Å². The number of hydrogen-bond acceptors (Lipinski definition) is 6. The molecule has 0 bridgehead atoms. The lowest BCUT2D eigenvalue weighted by Crippen LogP contribution is -2.19. The normalized spacial score (nSPS) is 14.3. The summed E-state index contributed by atoms with van der Waals surface area (Å²) in [6.45, 7) is 9.31. The molecule has 63 heavy (non-hydrogen) atoms. The summed E-state index contributed by atoms with van der Waals surface area (Å²) in [5.41, 5.74) is 15.2. The van der Waals surface area contributed by atoms with Gasteiger partial charge in [0.15, 0.2) is 11.6 Å². The number of fused-ring (bicyclic) bond motifs is 12. The van der Waals surface area contributed by atoms with E-state index >= 15 is 0 Å². The zero-order valence-corrected chi connectivity index (χ0v) is 36.1. The van der Waals surface area contributed by atoms with E-state index < -0.39 is 0 Å². The van der Waals surface area contributed by atoms with E-state index in [9.17, 15) is 0 Å². The maximum atomic E-state index is 6.30.